The second-order valence-electron chi connectivity index (χ2n) is 4.12. The van der Waals surface area contributed by atoms with Gasteiger partial charge < -0.3 is 11.1 Å². The van der Waals surface area contributed by atoms with Crippen LogP contribution in [0.2, 0.25) is 0 Å². The molecule has 0 amide bonds. The molecule has 2 unspecified atom stereocenters. The molecule has 2 heteroatoms. The molecule has 14 heavy (non-hydrogen) atoms. The molecule has 2 nitrogen and oxygen atoms in total. The number of nitrogens with two attached hydrogens (primary N) is 1. The molecule has 0 fully saturated rings. The van der Waals surface area contributed by atoms with Gasteiger partial charge in [0.25, 0.3) is 0 Å². The fourth-order valence-corrected chi connectivity index (χ4v) is 2.09. The van der Waals surface area contributed by atoms with E-state index in [1.165, 1.54) is 16.8 Å². The Bertz CT molecular complexity index is 331. The molecule has 3 N–H and O–H groups in total. The number of nitrogens with one attached hydrogen (secondary N) is 1. The largest absolute Gasteiger partial charge is 0.380 e. The normalized spacial score (nSPS) is 21.5. The van der Waals surface area contributed by atoms with Gasteiger partial charge in [-0.3, -0.25) is 0 Å². The zero-order valence-corrected chi connectivity index (χ0v) is 8.88. The van der Waals surface area contributed by atoms with E-state index in [0.717, 1.165) is 12.8 Å². The lowest BCUT2D eigenvalue weighted by atomic mass is 10.0. The van der Waals surface area contributed by atoms with E-state index in [1.807, 2.05) is 0 Å². The highest BCUT2D eigenvalue weighted by atomic mass is 15.0. The van der Waals surface area contributed by atoms with Gasteiger partial charge >= 0.3 is 0 Å². The van der Waals surface area contributed by atoms with Crippen molar-refractivity contribution in [3.05, 3.63) is 29.3 Å². The Balaban J connectivity index is 2.30. The average Bonchev–Trinajstić information content (AvgIpc) is 2.60. The number of rotatable bonds is 2. The maximum absolute atomic E-state index is 5.91. The lowest BCUT2D eigenvalue weighted by Crippen LogP contribution is -2.36. The first-order chi connectivity index (χ1) is 6.72. The highest BCUT2D eigenvalue weighted by Crippen LogP contribution is 2.30. The number of hydrogen-bond donors (Lipinski definition) is 2. The predicted octanol–water partition coefficient (Wildman–Crippen LogP) is 1.93. The molecule has 1 aromatic rings. The maximum Gasteiger partial charge on any atom is 0.0451 e. The summed E-state index contributed by atoms with van der Waals surface area (Å²) in [5.41, 5.74) is 10.1. The van der Waals surface area contributed by atoms with Crippen molar-refractivity contribution in [2.75, 3.05) is 5.32 Å². The number of hydrogen-bond acceptors (Lipinski definition) is 2. The van der Waals surface area contributed by atoms with Crippen LogP contribution >= 0.6 is 0 Å². The molecular formula is C12H18N2. The van der Waals surface area contributed by atoms with E-state index in [9.17, 15) is 0 Å². The first-order valence-corrected chi connectivity index (χ1v) is 5.35. The standard InChI is InChI=1S/C12H18N2/c1-3-9-5-4-6-10-7-11(8(2)13)14-12(9)10/h4-6,8,11,14H,3,7,13H2,1-2H3. The van der Waals surface area contributed by atoms with Crippen molar-refractivity contribution in [1.29, 1.82) is 0 Å². The minimum atomic E-state index is 0.215. The molecule has 1 aliphatic rings. The van der Waals surface area contributed by atoms with Crippen LogP contribution in [-0.4, -0.2) is 12.1 Å². The van der Waals surface area contributed by atoms with Gasteiger partial charge in [0.15, 0.2) is 0 Å². The molecule has 0 bridgehead atoms. The summed E-state index contributed by atoms with van der Waals surface area (Å²) >= 11 is 0. The van der Waals surface area contributed by atoms with Crippen LogP contribution < -0.4 is 11.1 Å². The van der Waals surface area contributed by atoms with Crippen LogP contribution in [0.5, 0.6) is 0 Å². The molecule has 76 valence electrons. The molecule has 0 aliphatic carbocycles. The molecule has 0 saturated heterocycles. The quantitative estimate of drug-likeness (QED) is 0.748. The van der Waals surface area contributed by atoms with Crippen LogP contribution in [0.4, 0.5) is 5.69 Å². The summed E-state index contributed by atoms with van der Waals surface area (Å²) in [4.78, 5) is 0. The lowest BCUT2D eigenvalue weighted by molar-refractivity contribution is 0.612. The van der Waals surface area contributed by atoms with E-state index in [1.54, 1.807) is 0 Å². The van der Waals surface area contributed by atoms with Crippen molar-refractivity contribution in [2.24, 2.45) is 5.73 Å². The number of fused-ring (bicyclic) bond motifs is 1. The van der Waals surface area contributed by atoms with Crippen molar-refractivity contribution in [3.8, 4) is 0 Å². The number of benzene rings is 1. The van der Waals surface area contributed by atoms with Crippen molar-refractivity contribution >= 4 is 5.69 Å². The second kappa shape index (κ2) is 3.62. The maximum atomic E-state index is 5.91. The van der Waals surface area contributed by atoms with Crippen LogP contribution in [-0.2, 0) is 12.8 Å². The topological polar surface area (TPSA) is 38.0 Å². The zero-order chi connectivity index (χ0) is 10.1. The van der Waals surface area contributed by atoms with Gasteiger partial charge in [-0.1, -0.05) is 25.1 Å². The van der Waals surface area contributed by atoms with Crippen LogP contribution in [0.25, 0.3) is 0 Å². The van der Waals surface area contributed by atoms with Gasteiger partial charge in [-0.25, -0.2) is 0 Å². The summed E-state index contributed by atoms with van der Waals surface area (Å²) in [6, 6.07) is 7.16. The van der Waals surface area contributed by atoms with Crippen LogP contribution in [0, 0.1) is 0 Å². The van der Waals surface area contributed by atoms with Gasteiger partial charge in [-0.2, -0.15) is 0 Å². The molecule has 2 rings (SSSR count). The molecular weight excluding hydrogens is 172 g/mol. The van der Waals surface area contributed by atoms with E-state index in [2.05, 4.69) is 37.4 Å². The van der Waals surface area contributed by atoms with E-state index in [0.29, 0.717) is 6.04 Å². The van der Waals surface area contributed by atoms with Crippen LogP contribution in [0.15, 0.2) is 18.2 Å². The first kappa shape index (κ1) is 9.53. The minimum absolute atomic E-state index is 0.215. The molecule has 2 atom stereocenters. The SMILES string of the molecule is CCc1cccc2c1NC(C(C)N)C2. The fourth-order valence-electron chi connectivity index (χ4n) is 2.09. The molecule has 0 saturated carbocycles. The number of anilines is 1. The van der Waals surface area contributed by atoms with Gasteiger partial charge in [-0.15, -0.1) is 0 Å². The summed E-state index contributed by atoms with van der Waals surface area (Å²) in [5, 5.41) is 3.53. The van der Waals surface area contributed by atoms with Crippen LogP contribution in [0.3, 0.4) is 0 Å². The molecule has 1 heterocycles. The fraction of sp³-hybridized carbons (Fsp3) is 0.500. The summed E-state index contributed by atoms with van der Waals surface area (Å²) in [7, 11) is 0. The lowest BCUT2D eigenvalue weighted by Gasteiger charge is -2.15. The zero-order valence-electron chi connectivity index (χ0n) is 8.88. The van der Waals surface area contributed by atoms with Gasteiger partial charge in [0.05, 0.1) is 0 Å². The van der Waals surface area contributed by atoms with E-state index < -0.39 is 0 Å². The van der Waals surface area contributed by atoms with Crippen molar-refractivity contribution in [3.63, 3.8) is 0 Å². The Kier molecular flexibility index (Phi) is 2.46. The average molecular weight is 190 g/mol. The highest BCUT2D eigenvalue weighted by Gasteiger charge is 2.24. The second-order valence-corrected chi connectivity index (χ2v) is 4.12. The number of aryl methyl sites for hydroxylation is 1. The summed E-state index contributed by atoms with van der Waals surface area (Å²) in [6.07, 6.45) is 2.16. The third kappa shape index (κ3) is 1.50. The van der Waals surface area contributed by atoms with E-state index >= 15 is 0 Å². The van der Waals surface area contributed by atoms with Crippen molar-refractivity contribution in [1.82, 2.24) is 0 Å². The number of para-hydroxylation sites is 1. The third-order valence-corrected chi connectivity index (χ3v) is 3.02. The Morgan fingerprint density at radius 2 is 2.36 bits per heavy atom. The Labute approximate surface area is 85.5 Å². The van der Waals surface area contributed by atoms with Gasteiger partial charge in [0, 0.05) is 17.8 Å². The summed E-state index contributed by atoms with van der Waals surface area (Å²) < 4.78 is 0. The first-order valence-electron chi connectivity index (χ1n) is 5.35. The minimum Gasteiger partial charge on any atom is -0.380 e. The molecule has 0 radical (unpaired) electrons. The Morgan fingerprint density at radius 1 is 1.57 bits per heavy atom. The molecule has 1 aromatic carbocycles. The Hall–Kier alpha value is -1.02. The van der Waals surface area contributed by atoms with E-state index in [4.69, 9.17) is 5.73 Å². The van der Waals surface area contributed by atoms with E-state index in [-0.39, 0.29) is 6.04 Å². The summed E-state index contributed by atoms with van der Waals surface area (Å²) in [6.45, 7) is 4.26. The third-order valence-electron chi connectivity index (χ3n) is 3.02. The van der Waals surface area contributed by atoms with Gasteiger partial charge in [0.2, 0.25) is 0 Å². The molecule has 0 aromatic heterocycles. The van der Waals surface area contributed by atoms with Gasteiger partial charge in [0.1, 0.15) is 0 Å². The monoisotopic (exact) mass is 190 g/mol. The smallest absolute Gasteiger partial charge is 0.0451 e. The highest BCUT2D eigenvalue weighted by molar-refractivity contribution is 5.62. The van der Waals surface area contributed by atoms with Gasteiger partial charge in [-0.05, 0) is 30.9 Å². The predicted molar refractivity (Wildman–Crippen MR) is 60.6 cm³/mol. The van der Waals surface area contributed by atoms with Crippen LogP contribution in [0.1, 0.15) is 25.0 Å². The van der Waals surface area contributed by atoms with Crippen molar-refractivity contribution < 1.29 is 0 Å². The molecule has 0 spiro atoms. The Morgan fingerprint density at radius 3 is 3.00 bits per heavy atom. The summed E-state index contributed by atoms with van der Waals surface area (Å²) in [5.74, 6) is 0. The van der Waals surface area contributed by atoms with Crippen molar-refractivity contribution in [2.45, 2.75) is 38.8 Å². The molecule has 1 aliphatic heterocycles.